The maximum Gasteiger partial charge on any atom is 0.325 e. The number of carbonyl (C=O) groups excluding carboxylic acids is 3. The lowest BCUT2D eigenvalue weighted by molar-refractivity contribution is -0.142. The van der Waals surface area contributed by atoms with E-state index in [0.717, 1.165) is 5.56 Å². The molecule has 0 saturated heterocycles. The molecule has 0 fully saturated rings. The second-order valence-electron chi connectivity index (χ2n) is 8.65. The molecule has 0 radical (unpaired) electrons. The van der Waals surface area contributed by atoms with Gasteiger partial charge in [0.15, 0.2) is 0 Å². The Hall–Kier alpha value is -3.14. The van der Waals surface area contributed by atoms with Gasteiger partial charge in [-0.15, -0.1) is 0 Å². The molecule has 0 bridgehead atoms. The molecular formula is C23H36N4O6. The number of hydrogen-bond donors (Lipinski definition) is 6. The van der Waals surface area contributed by atoms with Crippen molar-refractivity contribution in [1.29, 1.82) is 0 Å². The topological polar surface area (TPSA) is 171 Å². The number of hydrogen-bond acceptors (Lipinski definition) is 6. The molecule has 7 N–H and O–H groups in total. The van der Waals surface area contributed by atoms with Crippen LogP contribution in [-0.4, -0.2) is 58.1 Å². The summed E-state index contributed by atoms with van der Waals surface area (Å²) in [5, 5.41) is 26.1. The van der Waals surface area contributed by atoms with Crippen molar-refractivity contribution in [2.45, 2.75) is 71.6 Å². The van der Waals surface area contributed by atoms with Gasteiger partial charge in [-0.05, 0) is 42.9 Å². The molecule has 1 aromatic rings. The third-order valence-corrected chi connectivity index (χ3v) is 5.50. The fourth-order valence-electron chi connectivity index (χ4n) is 3.08. The molecule has 33 heavy (non-hydrogen) atoms. The van der Waals surface area contributed by atoms with E-state index < -0.39 is 47.9 Å². The van der Waals surface area contributed by atoms with Crippen LogP contribution >= 0.6 is 0 Å². The number of aliphatic carboxylic acids is 1. The van der Waals surface area contributed by atoms with Gasteiger partial charge in [0.2, 0.25) is 17.7 Å². The maximum atomic E-state index is 13.0. The van der Waals surface area contributed by atoms with Gasteiger partial charge in [0.1, 0.15) is 23.9 Å². The van der Waals surface area contributed by atoms with Crippen LogP contribution in [0.2, 0.25) is 0 Å². The zero-order chi connectivity index (χ0) is 25.3. The van der Waals surface area contributed by atoms with Crippen LogP contribution in [0.3, 0.4) is 0 Å². The Morgan fingerprint density at radius 3 is 1.88 bits per heavy atom. The summed E-state index contributed by atoms with van der Waals surface area (Å²) in [6.45, 7) is 8.44. The molecule has 0 heterocycles. The van der Waals surface area contributed by atoms with E-state index in [-0.39, 0.29) is 24.0 Å². The minimum atomic E-state index is -1.19. The molecule has 1 rings (SSSR count). The van der Waals surface area contributed by atoms with Crippen molar-refractivity contribution in [2.24, 2.45) is 17.6 Å². The highest BCUT2D eigenvalue weighted by atomic mass is 16.4. The van der Waals surface area contributed by atoms with Crippen molar-refractivity contribution < 1.29 is 29.4 Å². The highest BCUT2D eigenvalue weighted by Gasteiger charge is 2.33. The molecule has 10 heteroatoms. The molecule has 0 spiro atoms. The largest absolute Gasteiger partial charge is 0.508 e. The first-order chi connectivity index (χ1) is 15.4. The fourth-order valence-corrected chi connectivity index (χ4v) is 3.08. The van der Waals surface area contributed by atoms with Gasteiger partial charge >= 0.3 is 5.97 Å². The van der Waals surface area contributed by atoms with Gasteiger partial charge < -0.3 is 31.9 Å². The lowest BCUT2D eigenvalue weighted by Crippen LogP contribution is -2.59. The monoisotopic (exact) mass is 464 g/mol. The molecule has 0 aliphatic rings. The zero-order valence-electron chi connectivity index (χ0n) is 19.8. The molecule has 0 saturated carbocycles. The number of benzene rings is 1. The van der Waals surface area contributed by atoms with Crippen LogP contribution in [0.5, 0.6) is 5.75 Å². The second kappa shape index (κ2) is 12.8. The van der Waals surface area contributed by atoms with Crippen molar-refractivity contribution >= 4 is 23.7 Å². The first-order valence-electron chi connectivity index (χ1n) is 11.0. The molecule has 10 nitrogen and oxygen atoms in total. The summed E-state index contributed by atoms with van der Waals surface area (Å²) in [5.41, 5.74) is 6.79. The third-order valence-electron chi connectivity index (χ3n) is 5.50. The Morgan fingerprint density at radius 1 is 0.879 bits per heavy atom. The van der Waals surface area contributed by atoms with E-state index in [2.05, 4.69) is 16.0 Å². The number of aromatic hydroxyl groups is 1. The molecule has 0 aliphatic heterocycles. The Bertz CT molecular complexity index is 827. The highest BCUT2D eigenvalue weighted by Crippen LogP contribution is 2.13. The molecule has 1 aromatic carbocycles. The Labute approximate surface area is 194 Å². The van der Waals surface area contributed by atoms with Gasteiger partial charge in [-0.3, -0.25) is 19.2 Å². The minimum Gasteiger partial charge on any atom is -0.508 e. The molecule has 3 amide bonds. The summed E-state index contributed by atoms with van der Waals surface area (Å²) in [6.07, 6.45) is 0.797. The maximum absolute atomic E-state index is 13.0. The third kappa shape index (κ3) is 8.72. The summed E-state index contributed by atoms with van der Waals surface area (Å²) in [5.74, 6) is -3.34. The van der Waals surface area contributed by atoms with Crippen molar-refractivity contribution in [2.75, 3.05) is 0 Å². The molecular weight excluding hydrogens is 428 g/mol. The number of rotatable bonds is 12. The van der Waals surface area contributed by atoms with Crippen molar-refractivity contribution in [1.82, 2.24) is 16.0 Å². The Balaban J connectivity index is 2.91. The van der Waals surface area contributed by atoms with E-state index in [0.29, 0.717) is 6.42 Å². The van der Waals surface area contributed by atoms with Crippen molar-refractivity contribution in [3.8, 4) is 5.75 Å². The predicted molar refractivity (Wildman–Crippen MR) is 123 cm³/mol. The predicted octanol–water partition coefficient (Wildman–Crippen LogP) is 0.523. The molecule has 0 aliphatic carbocycles. The van der Waals surface area contributed by atoms with Gasteiger partial charge in [0.25, 0.3) is 0 Å². The van der Waals surface area contributed by atoms with E-state index in [4.69, 9.17) is 10.8 Å². The molecule has 5 unspecified atom stereocenters. The molecule has 5 atom stereocenters. The number of phenols is 1. The lowest BCUT2D eigenvalue weighted by atomic mass is 9.95. The van der Waals surface area contributed by atoms with E-state index >= 15 is 0 Å². The van der Waals surface area contributed by atoms with Gasteiger partial charge in [-0.25, -0.2) is 0 Å². The molecule has 0 aromatic heterocycles. The SMILES string of the molecule is CCC(C)C(NC(=O)C(N)Cc1ccc(O)cc1)C(=O)NC(C(=O)NC(C)C(=O)O)C(C)C. The summed E-state index contributed by atoms with van der Waals surface area (Å²) < 4.78 is 0. The zero-order valence-corrected chi connectivity index (χ0v) is 19.8. The number of phenolic OH excluding ortho intramolecular Hbond substituents is 1. The number of nitrogens with two attached hydrogens (primary N) is 1. The van der Waals surface area contributed by atoms with Gasteiger partial charge in [0, 0.05) is 0 Å². The fraction of sp³-hybridized carbons (Fsp3) is 0.565. The van der Waals surface area contributed by atoms with Crippen molar-refractivity contribution in [3.05, 3.63) is 29.8 Å². The average molecular weight is 465 g/mol. The van der Waals surface area contributed by atoms with Crippen LogP contribution in [0.25, 0.3) is 0 Å². The van der Waals surface area contributed by atoms with Crippen LogP contribution in [0, 0.1) is 11.8 Å². The van der Waals surface area contributed by atoms with Crippen molar-refractivity contribution in [3.63, 3.8) is 0 Å². The van der Waals surface area contributed by atoms with E-state index in [1.165, 1.54) is 19.1 Å². The Morgan fingerprint density at radius 2 is 1.39 bits per heavy atom. The van der Waals surface area contributed by atoms with E-state index in [1.807, 2.05) is 6.92 Å². The normalized spacial score (nSPS) is 15.6. The van der Waals surface area contributed by atoms with Crippen LogP contribution in [-0.2, 0) is 25.6 Å². The number of carboxylic acids is 1. The van der Waals surface area contributed by atoms with E-state index in [1.54, 1.807) is 32.9 Å². The summed E-state index contributed by atoms with van der Waals surface area (Å²) in [6, 6.07) is 2.37. The average Bonchev–Trinajstić information content (AvgIpc) is 2.75. The van der Waals surface area contributed by atoms with Gasteiger partial charge in [0.05, 0.1) is 6.04 Å². The first kappa shape index (κ1) is 27.9. The van der Waals surface area contributed by atoms with E-state index in [9.17, 15) is 24.3 Å². The lowest BCUT2D eigenvalue weighted by Gasteiger charge is -2.29. The van der Waals surface area contributed by atoms with Gasteiger partial charge in [-0.1, -0.05) is 46.2 Å². The molecule has 184 valence electrons. The number of nitrogens with one attached hydrogen (secondary N) is 3. The first-order valence-corrected chi connectivity index (χ1v) is 11.0. The Kier molecular flexibility index (Phi) is 10.8. The minimum absolute atomic E-state index is 0.103. The number of carbonyl (C=O) groups is 4. The van der Waals surface area contributed by atoms with Crippen LogP contribution < -0.4 is 21.7 Å². The second-order valence-corrected chi connectivity index (χ2v) is 8.65. The summed E-state index contributed by atoms with van der Waals surface area (Å²) in [4.78, 5) is 49.3. The summed E-state index contributed by atoms with van der Waals surface area (Å²) >= 11 is 0. The highest BCUT2D eigenvalue weighted by molar-refractivity contribution is 5.94. The van der Waals surface area contributed by atoms with Crippen LogP contribution in [0.15, 0.2) is 24.3 Å². The number of amides is 3. The van der Waals surface area contributed by atoms with Gasteiger partial charge in [-0.2, -0.15) is 0 Å². The van der Waals surface area contributed by atoms with Crippen LogP contribution in [0.1, 0.15) is 46.6 Å². The summed E-state index contributed by atoms with van der Waals surface area (Å²) in [7, 11) is 0. The standard InChI is InChI=1S/C23H36N4O6/c1-6-13(4)19(27-20(29)17(24)11-15-7-9-16(28)10-8-15)22(31)26-18(12(2)3)21(30)25-14(5)23(32)33/h7-10,12-14,17-19,28H,6,11,24H2,1-5H3,(H,25,30)(H,26,31)(H,27,29)(H,32,33). The van der Waals surface area contributed by atoms with Crippen LogP contribution in [0.4, 0.5) is 0 Å². The quantitative estimate of drug-likeness (QED) is 0.262. The smallest absolute Gasteiger partial charge is 0.325 e. The number of carboxylic acid groups (broad SMARTS) is 1.